The van der Waals surface area contributed by atoms with E-state index in [0.29, 0.717) is 57.6 Å². The molecule has 13 nitrogen and oxygen atoms in total. The van der Waals surface area contributed by atoms with Crippen LogP contribution >= 0.6 is 0 Å². The summed E-state index contributed by atoms with van der Waals surface area (Å²) in [7, 11) is 1.54. The van der Waals surface area contributed by atoms with Crippen LogP contribution in [0.15, 0.2) is 79.9 Å². The molecule has 0 fully saturated rings. The molecule has 3 atom stereocenters. The lowest BCUT2D eigenvalue weighted by Gasteiger charge is -2.47. The van der Waals surface area contributed by atoms with Crippen LogP contribution in [-0.2, 0) is 31.5 Å². The quantitative estimate of drug-likeness (QED) is 0.0458. The van der Waals surface area contributed by atoms with Gasteiger partial charge in [-0.3, -0.25) is 4.79 Å². The van der Waals surface area contributed by atoms with Crippen molar-refractivity contribution in [3.63, 3.8) is 0 Å². The molecule has 1 aliphatic heterocycles. The van der Waals surface area contributed by atoms with Crippen molar-refractivity contribution in [3.8, 4) is 45.6 Å². The smallest absolute Gasteiger partial charge is 0.407 e. The fourth-order valence-electron chi connectivity index (χ4n) is 9.79. The zero-order chi connectivity index (χ0) is 54.5. The number of fused-ring (bicyclic) bond motifs is 4. The van der Waals surface area contributed by atoms with Crippen molar-refractivity contribution in [3.05, 3.63) is 119 Å². The first-order valence-corrected chi connectivity index (χ1v) is 31.4. The molecule has 4 aromatic carbocycles. The van der Waals surface area contributed by atoms with Gasteiger partial charge in [0.2, 0.25) is 5.91 Å². The molecule has 0 bridgehead atoms. The number of ether oxygens (including phenoxy) is 7. The summed E-state index contributed by atoms with van der Waals surface area (Å²) in [5.74, 6) is 2.44. The van der Waals surface area contributed by atoms with Gasteiger partial charge in [-0.05, 0) is 84.9 Å². The van der Waals surface area contributed by atoms with E-state index in [2.05, 4.69) is 110 Å². The average molecular weight is 1050 g/mol. The van der Waals surface area contributed by atoms with Crippen LogP contribution in [0.2, 0.25) is 36.3 Å². The van der Waals surface area contributed by atoms with Crippen molar-refractivity contribution in [2.75, 3.05) is 61.5 Å². The minimum atomic E-state index is -2.45. The van der Waals surface area contributed by atoms with E-state index in [1.807, 2.05) is 49.1 Å². The number of methoxy groups -OCH3 is 4. The minimum Gasteiger partial charge on any atom is -0.541 e. The van der Waals surface area contributed by atoms with E-state index in [1.54, 1.807) is 40.6 Å². The Balaban J connectivity index is 1.56. The molecule has 0 spiro atoms. The van der Waals surface area contributed by atoms with Gasteiger partial charge in [0.15, 0.2) is 25.6 Å². The van der Waals surface area contributed by atoms with Gasteiger partial charge in [-0.25, -0.2) is 4.79 Å². The number of hydrogen-bond donors (Lipinski definition) is 1. The molecular weight excluding hydrogens is 969 g/mol. The normalized spacial score (nSPS) is 16.0. The molecule has 402 valence electrons. The summed E-state index contributed by atoms with van der Waals surface area (Å²) in [6.45, 7) is 34.1. The van der Waals surface area contributed by atoms with Gasteiger partial charge in [0.25, 0.3) is 8.32 Å². The first-order valence-electron chi connectivity index (χ1n) is 25.6. The van der Waals surface area contributed by atoms with Gasteiger partial charge in [-0.2, -0.15) is 0 Å². The Morgan fingerprint density at radius 1 is 0.730 bits per heavy atom. The Morgan fingerprint density at radius 2 is 1.28 bits per heavy atom. The molecule has 1 heterocycles. The van der Waals surface area contributed by atoms with Gasteiger partial charge in [0, 0.05) is 40.2 Å². The van der Waals surface area contributed by atoms with Gasteiger partial charge >= 0.3 is 6.09 Å². The predicted molar refractivity (Wildman–Crippen MR) is 299 cm³/mol. The topological polar surface area (TPSA) is 132 Å². The average Bonchev–Trinajstić information content (AvgIpc) is 3.66. The molecule has 0 saturated heterocycles. The molecule has 0 radical (unpaired) electrons. The highest BCUT2D eigenvalue weighted by Gasteiger charge is 2.47. The van der Waals surface area contributed by atoms with Crippen molar-refractivity contribution in [1.29, 1.82) is 0 Å². The van der Waals surface area contributed by atoms with Gasteiger partial charge in [0.05, 0.1) is 60.3 Å². The van der Waals surface area contributed by atoms with E-state index < -0.39 is 46.8 Å². The summed E-state index contributed by atoms with van der Waals surface area (Å²) < 4.78 is 57.7. The molecule has 2 amide bonds. The fraction of sp³-hybridized carbons (Fsp3) is 0.492. The lowest BCUT2D eigenvalue weighted by atomic mass is 9.84. The number of amides is 2. The number of carbonyl (C=O) groups excluding carboxylic acids is 2. The zero-order valence-corrected chi connectivity index (χ0v) is 49.0. The third-order valence-corrected chi connectivity index (χ3v) is 24.5. The van der Waals surface area contributed by atoms with E-state index in [4.69, 9.17) is 42.0 Å². The van der Waals surface area contributed by atoms with Crippen molar-refractivity contribution < 1.29 is 51.6 Å². The first kappa shape index (κ1) is 57.5. The molecule has 74 heavy (non-hydrogen) atoms. The molecule has 0 aromatic heterocycles. The maximum absolute atomic E-state index is 16.5. The molecule has 2 aliphatic rings. The highest BCUT2D eigenvalue weighted by atomic mass is 28.4. The second kappa shape index (κ2) is 23.4. The minimum absolute atomic E-state index is 0.0221. The second-order valence-electron chi connectivity index (χ2n) is 22.3. The Bertz CT molecular complexity index is 2640. The van der Waals surface area contributed by atoms with E-state index in [-0.39, 0.29) is 55.4 Å². The summed E-state index contributed by atoms with van der Waals surface area (Å²) in [4.78, 5) is 33.0. The summed E-state index contributed by atoms with van der Waals surface area (Å²) in [6.07, 6.45) is 2.87. The van der Waals surface area contributed by atoms with Crippen molar-refractivity contribution in [2.45, 2.75) is 129 Å². The van der Waals surface area contributed by atoms with Crippen LogP contribution in [0.5, 0.6) is 34.5 Å². The number of hydrogen-bond acceptors (Lipinski definition) is 11. The molecule has 0 unspecified atom stereocenters. The Kier molecular flexibility index (Phi) is 18.2. The molecule has 6 rings (SSSR count). The highest BCUT2D eigenvalue weighted by molar-refractivity contribution is 6.75. The standard InChI is InChI=1S/C59H82N2O11Si2/c1-19-29-68-36-48-50-45(52(65-12)38(4)54(67-14)55(50)69-30-20-2)33-40(34-71-73(15,16)58(5,6)7)61(48)56(62)47(31-39-32-49(72-74(17,18)59(8,9)10)53(66-13)37(3)51(39)64-11)60-57(63)70-35-46-43-27-23-21-25-41(43)42-26-22-24-28-44(42)46/h19-28,32,40,46-48H,1-2,29-31,33-36H2,3-18H3,(H,60,63)/t40-,47-,48-/m0/s1. The van der Waals surface area contributed by atoms with Crippen molar-refractivity contribution in [1.82, 2.24) is 10.2 Å². The zero-order valence-electron chi connectivity index (χ0n) is 47.0. The highest BCUT2D eigenvalue weighted by Crippen LogP contribution is 2.52. The van der Waals surface area contributed by atoms with Crippen LogP contribution in [0.4, 0.5) is 4.79 Å². The molecule has 1 aliphatic carbocycles. The van der Waals surface area contributed by atoms with Crippen molar-refractivity contribution >= 4 is 28.6 Å². The number of benzene rings is 4. The number of nitrogens with zero attached hydrogens (tertiary/aromatic N) is 1. The third kappa shape index (κ3) is 11.7. The number of alkyl carbamates (subject to hydrolysis) is 1. The van der Waals surface area contributed by atoms with Crippen LogP contribution in [0.3, 0.4) is 0 Å². The Labute approximate surface area is 443 Å². The molecule has 15 heteroatoms. The number of nitrogens with one attached hydrogen (secondary N) is 1. The first-order chi connectivity index (χ1) is 34.9. The summed E-state index contributed by atoms with van der Waals surface area (Å²) in [5.41, 5.74) is 7.89. The summed E-state index contributed by atoms with van der Waals surface area (Å²) in [6, 6.07) is 15.6. The number of rotatable bonds is 22. The Morgan fingerprint density at radius 3 is 1.82 bits per heavy atom. The van der Waals surface area contributed by atoms with E-state index in [0.717, 1.165) is 33.4 Å². The SMILES string of the molecule is C=CCOC[C@H]1c2c(c(OC)c(C)c(OC)c2OCC=C)C[C@@H](CO[Si](C)(C)C(C)(C)C)N1C(=O)[C@H](Cc1cc(O[Si](C)(C)C(C)(C)C)c(OC)c(C)c1OC)NC(=O)OCC1c2ccccc2-c2ccccc21. The van der Waals surface area contributed by atoms with Crippen LogP contribution < -0.4 is 33.4 Å². The molecule has 0 saturated carbocycles. The maximum atomic E-state index is 16.5. The van der Waals surface area contributed by atoms with Gasteiger partial charge in [-0.1, -0.05) is 109 Å². The molecule has 4 aromatic rings. The van der Waals surface area contributed by atoms with Crippen molar-refractivity contribution in [2.24, 2.45) is 0 Å². The molecular formula is C59H82N2O11Si2. The third-order valence-electron chi connectivity index (χ3n) is 15.6. The van der Waals surface area contributed by atoms with Crippen LogP contribution in [0, 0.1) is 13.8 Å². The van der Waals surface area contributed by atoms with Gasteiger partial charge in [-0.15, -0.1) is 6.58 Å². The maximum Gasteiger partial charge on any atom is 0.407 e. The van der Waals surface area contributed by atoms with Crippen LogP contribution in [-0.4, -0.2) is 107 Å². The summed E-state index contributed by atoms with van der Waals surface area (Å²) in [5, 5.41) is 2.81. The predicted octanol–water partition coefficient (Wildman–Crippen LogP) is 12.5. The number of carbonyl (C=O) groups is 2. The van der Waals surface area contributed by atoms with E-state index in [1.165, 1.54) is 0 Å². The van der Waals surface area contributed by atoms with Crippen LogP contribution in [0.25, 0.3) is 11.1 Å². The van der Waals surface area contributed by atoms with E-state index >= 15 is 4.79 Å². The second-order valence-corrected chi connectivity index (χ2v) is 31.9. The lowest BCUT2D eigenvalue weighted by Crippen LogP contribution is -2.58. The van der Waals surface area contributed by atoms with Gasteiger partial charge in [0.1, 0.15) is 36.5 Å². The summed E-state index contributed by atoms with van der Waals surface area (Å²) >= 11 is 0. The fourth-order valence-corrected chi connectivity index (χ4v) is 11.8. The monoisotopic (exact) mass is 1050 g/mol. The van der Waals surface area contributed by atoms with Crippen LogP contribution in [0.1, 0.15) is 92.4 Å². The van der Waals surface area contributed by atoms with Gasteiger partial charge < -0.3 is 52.2 Å². The van der Waals surface area contributed by atoms with E-state index in [9.17, 15) is 4.79 Å². The molecule has 1 N–H and O–H groups in total. The largest absolute Gasteiger partial charge is 0.541 e. The lowest BCUT2D eigenvalue weighted by molar-refractivity contribution is -0.142. The Hall–Kier alpha value is -5.75.